The maximum Gasteiger partial charge on any atom is 0.433 e. The number of benzene rings is 1. The van der Waals surface area contributed by atoms with Crippen molar-refractivity contribution >= 4 is 23.5 Å². The van der Waals surface area contributed by atoms with Gasteiger partial charge in [-0.1, -0.05) is 23.7 Å². The number of amidine groups is 1. The molecule has 1 fully saturated rings. The van der Waals surface area contributed by atoms with Crippen molar-refractivity contribution in [3.05, 3.63) is 46.9 Å². The van der Waals surface area contributed by atoms with Gasteiger partial charge in [-0.15, -0.1) is 0 Å². The summed E-state index contributed by atoms with van der Waals surface area (Å²) in [6.07, 6.45) is 2.50. The lowest BCUT2D eigenvalue weighted by molar-refractivity contribution is 0.106. The first-order chi connectivity index (χ1) is 11.5. The first kappa shape index (κ1) is 16.4. The normalized spacial score (nSPS) is 14.6. The van der Waals surface area contributed by atoms with E-state index in [9.17, 15) is 4.79 Å². The van der Waals surface area contributed by atoms with Crippen LogP contribution in [0.1, 0.15) is 24.1 Å². The largest absolute Gasteiger partial charge is 0.463 e. The number of nitrogens with two attached hydrogens (primary N) is 1. The number of carbonyl (C=O) groups is 1. The van der Waals surface area contributed by atoms with Crippen LogP contribution in [0.15, 0.2) is 35.6 Å². The quantitative estimate of drug-likeness (QED) is 0.636. The van der Waals surface area contributed by atoms with Crippen molar-refractivity contribution in [2.24, 2.45) is 10.7 Å². The molecule has 0 aliphatic heterocycles. The minimum atomic E-state index is -1.38. The van der Waals surface area contributed by atoms with E-state index in [0.717, 1.165) is 24.0 Å². The number of hydrogen-bond acceptors (Lipinski definition) is 4. The Morgan fingerprint density at radius 3 is 2.83 bits per heavy atom. The van der Waals surface area contributed by atoms with Crippen molar-refractivity contribution in [2.45, 2.75) is 25.6 Å². The Balaban J connectivity index is 1.83. The Kier molecular flexibility index (Phi) is 4.73. The predicted octanol–water partition coefficient (Wildman–Crippen LogP) is 2.86. The maximum absolute atomic E-state index is 10.6. The van der Waals surface area contributed by atoms with Crippen LogP contribution in [0.4, 0.5) is 4.79 Å². The minimum absolute atomic E-state index is 0.188. The van der Waals surface area contributed by atoms with E-state index in [1.54, 1.807) is 12.1 Å². The SMILES string of the molecule is NC(=NC(=O)O)c1cc(-c2ccc(COC3CC3)c(Cl)c2)ncn1. The minimum Gasteiger partial charge on any atom is -0.463 e. The van der Waals surface area contributed by atoms with Crippen molar-refractivity contribution in [3.8, 4) is 11.3 Å². The summed E-state index contributed by atoms with van der Waals surface area (Å²) in [4.78, 5) is 21.9. The van der Waals surface area contributed by atoms with Gasteiger partial charge in [0.2, 0.25) is 0 Å². The zero-order chi connectivity index (χ0) is 17.1. The van der Waals surface area contributed by atoms with Gasteiger partial charge in [0, 0.05) is 10.6 Å². The lowest BCUT2D eigenvalue weighted by Gasteiger charge is -2.08. The molecule has 3 rings (SSSR count). The first-order valence-corrected chi connectivity index (χ1v) is 7.70. The number of nitrogens with zero attached hydrogens (tertiary/aromatic N) is 3. The summed E-state index contributed by atoms with van der Waals surface area (Å²) in [6, 6.07) is 7.10. The van der Waals surface area contributed by atoms with E-state index >= 15 is 0 Å². The van der Waals surface area contributed by atoms with E-state index in [0.29, 0.717) is 23.4 Å². The molecule has 0 saturated heterocycles. The van der Waals surface area contributed by atoms with Gasteiger partial charge in [0.25, 0.3) is 0 Å². The van der Waals surface area contributed by atoms with Crippen LogP contribution in [-0.2, 0) is 11.3 Å². The van der Waals surface area contributed by atoms with Gasteiger partial charge in [-0.05, 0) is 30.5 Å². The molecular formula is C16H15ClN4O3. The Hall–Kier alpha value is -2.51. The second-order valence-corrected chi connectivity index (χ2v) is 5.79. The molecule has 1 aliphatic rings. The van der Waals surface area contributed by atoms with Crippen LogP contribution in [0.5, 0.6) is 0 Å². The molecule has 1 heterocycles. The van der Waals surface area contributed by atoms with Crippen LogP contribution >= 0.6 is 11.6 Å². The van der Waals surface area contributed by atoms with E-state index in [2.05, 4.69) is 15.0 Å². The van der Waals surface area contributed by atoms with Crippen molar-refractivity contribution in [1.29, 1.82) is 0 Å². The number of aromatic nitrogens is 2. The summed E-state index contributed by atoms with van der Waals surface area (Å²) >= 11 is 6.30. The maximum atomic E-state index is 10.6. The molecule has 0 atom stereocenters. The van der Waals surface area contributed by atoms with Gasteiger partial charge in [-0.2, -0.15) is 4.99 Å². The average molecular weight is 347 g/mol. The van der Waals surface area contributed by atoms with E-state index in [4.69, 9.17) is 27.2 Å². The standard InChI is InChI=1S/C16H15ClN4O3/c17-12-5-9(1-2-10(12)7-24-11-3-4-11)13-6-14(20-8-19-13)15(18)21-16(22)23/h1-2,5-6,8,11H,3-4,7H2,(H2,18,21)(H,22,23). The third-order valence-electron chi connectivity index (χ3n) is 3.49. The van der Waals surface area contributed by atoms with Gasteiger partial charge in [-0.3, -0.25) is 0 Å². The summed E-state index contributed by atoms with van der Waals surface area (Å²) in [5.74, 6) is -0.188. The highest BCUT2D eigenvalue weighted by Crippen LogP contribution is 2.28. The molecule has 7 nitrogen and oxygen atoms in total. The molecule has 0 spiro atoms. The molecule has 1 saturated carbocycles. The smallest absolute Gasteiger partial charge is 0.433 e. The second kappa shape index (κ2) is 6.94. The Labute approximate surface area is 143 Å². The van der Waals surface area contributed by atoms with Crippen molar-refractivity contribution < 1.29 is 14.6 Å². The van der Waals surface area contributed by atoms with Crippen molar-refractivity contribution in [1.82, 2.24) is 9.97 Å². The zero-order valence-electron chi connectivity index (χ0n) is 12.6. The average Bonchev–Trinajstić information content (AvgIpc) is 3.37. The fourth-order valence-corrected chi connectivity index (χ4v) is 2.32. The van der Waals surface area contributed by atoms with Crippen molar-refractivity contribution in [3.63, 3.8) is 0 Å². The third-order valence-corrected chi connectivity index (χ3v) is 3.85. The van der Waals surface area contributed by atoms with E-state index in [1.165, 1.54) is 6.33 Å². The highest BCUT2D eigenvalue weighted by Gasteiger charge is 2.22. The molecule has 124 valence electrons. The molecule has 1 aromatic heterocycles. The number of aliphatic imine (C=N–C) groups is 1. The molecular weight excluding hydrogens is 332 g/mol. The van der Waals surface area contributed by atoms with E-state index < -0.39 is 6.09 Å². The Bertz CT molecular complexity index is 806. The number of halogens is 1. The van der Waals surface area contributed by atoms with Crippen molar-refractivity contribution in [2.75, 3.05) is 0 Å². The van der Waals surface area contributed by atoms with Gasteiger partial charge >= 0.3 is 6.09 Å². The fraction of sp³-hybridized carbons (Fsp3) is 0.250. The summed E-state index contributed by atoms with van der Waals surface area (Å²) in [7, 11) is 0. The number of ether oxygens (including phenoxy) is 1. The number of amides is 1. The Morgan fingerprint density at radius 2 is 2.17 bits per heavy atom. The number of hydrogen-bond donors (Lipinski definition) is 2. The second-order valence-electron chi connectivity index (χ2n) is 5.38. The van der Waals surface area contributed by atoms with Crippen LogP contribution in [0, 0.1) is 0 Å². The molecule has 1 aliphatic carbocycles. The van der Waals surface area contributed by atoms with E-state index in [1.807, 2.05) is 12.1 Å². The van der Waals surface area contributed by atoms with Crippen LogP contribution in [0.2, 0.25) is 5.02 Å². The Morgan fingerprint density at radius 1 is 1.38 bits per heavy atom. The topological polar surface area (TPSA) is 111 Å². The van der Waals surface area contributed by atoms with Crippen LogP contribution in [-0.4, -0.2) is 33.1 Å². The van der Waals surface area contributed by atoms with Gasteiger partial charge in [0.15, 0.2) is 5.84 Å². The van der Waals surface area contributed by atoms with Crippen LogP contribution < -0.4 is 5.73 Å². The molecule has 1 aromatic carbocycles. The first-order valence-electron chi connectivity index (χ1n) is 7.33. The fourth-order valence-electron chi connectivity index (χ4n) is 2.08. The highest BCUT2D eigenvalue weighted by molar-refractivity contribution is 6.31. The molecule has 0 radical (unpaired) electrons. The molecule has 8 heteroatoms. The molecule has 24 heavy (non-hydrogen) atoms. The molecule has 2 aromatic rings. The summed E-state index contributed by atoms with van der Waals surface area (Å²) < 4.78 is 5.66. The van der Waals surface area contributed by atoms with Gasteiger partial charge in [0.1, 0.15) is 12.0 Å². The van der Waals surface area contributed by atoms with Gasteiger partial charge < -0.3 is 15.6 Å². The summed E-state index contributed by atoms with van der Waals surface area (Å²) in [5, 5.41) is 9.24. The summed E-state index contributed by atoms with van der Waals surface area (Å²) in [5.41, 5.74) is 8.09. The van der Waals surface area contributed by atoms with Gasteiger partial charge in [-0.25, -0.2) is 14.8 Å². The molecule has 0 bridgehead atoms. The molecule has 0 unspecified atom stereocenters. The predicted molar refractivity (Wildman–Crippen MR) is 89.0 cm³/mol. The lowest BCUT2D eigenvalue weighted by atomic mass is 10.1. The zero-order valence-corrected chi connectivity index (χ0v) is 13.4. The summed E-state index contributed by atoms with van der Waals surface area (Å²) in [6.45, 7) is 0.483. The number of rotatable bonds is 5. The van der Waals surface area contributed by atoms with E-state index in [-0.39, 0.29) is 11.5 Å². The highest BCUT2D eigenvalue weighted by atomic mass is 35.5. The monoisotopic (exact) mass is 346 g/mol. The van der Waals surface area contributed by atoms with Crippen LogP contribution in [0.25, 0.3) is 11.3 Å². The van der Waals surface area contributed by atoms with Gasteiger partial charge in [0.05, 0.1) is 18.4 Å². The molecule has 3 N–H and O–H groups in total. The van der Waals surface area contributed by atoms with Crippen LogP contribution in [0.3, 0.4) is 0 Å². The number of carboxylic acid groups (broad SMARTS) is 1. The lowest BCUT2D eigenvalue weighted by Crippen LogP contribution is -2.17. The molecule has 1 amide bonds. The third kappa shape index (κ3) is 4.06.